The summed E-state index contributed by atoms with van der Waals surface area (Å²) >= 11 is 0. The fraction of sp³-hybridized carbons (Fsp3) is 0.500. The molecule has 1 amide bonds. The van der Waals surface area contributed by atoms with Crippen molar-refractivity contribution in [1.29, 1.82) is 0 Å². The molecule has 0 aromatic heterocycles. The molecule has 0 aliphatic heterocycles. The molecule has 114 valence electrons. The van der Waals surface area contributed by atoms with E-state index in [-0.39, 0.29) is 24.1 Å². The van der Waals surface area contributed by atoms with Crippen molar-refractivity contribution in [2.75, 3.05) is 26.2 Å². The summed E-state index contributed by atoms with van der Waals surface area (Å²) in [5, 5.41) is 5.93. The van der Waals surface area contributed by atoms with Gasteiger partial charge in [0.05, 0.1) is 6.61 Å². The van der Waals surface area contributed by atoms with Crippen LogP contribution in [-0.2, 0) is 4.79 Å². The van der Waals surface area contributed by atoms with Gasteiger partial charge in [-0.3, -0.25) is 4.79 Å². The average Bonchev–Trinajstić information content (AvgIpc) is 2.40. The average molecular weight is 305 g/mol. The van der Waals surface area contributed by atoms with Crippen molar-refractivity contribution >= 4 is 18.3 Å². The van der Waals surface area contributed by atoms with Gasteiger partial charge in [-0.15, -0.1) is 12.4 Å². The Morgan fingerprint density at radius 2 is 2.15 bits per heavy atom. The van der Waals surface area contributed by atoms with Gasteiger partial charge in [-0.2, -0.15) is 0 Å². The van der Waals surface area contributed by atoms with Crippen LogP contribution >= 0.6 is 12.4 Å². The molecule has 1 aromatic rings. The smallest absolute Gasteiger partial charge is 0.220 e. The van der Waals surface area contributed by atoms with Crippen molar-refractivity contribution in [1.82, 2.24) is 10.6 Å². The normalized spacial score (nSPS) is 9.70. The van der Waals surface area contributed by atoms with Crippen LogP contribution in [0.5, 0.6) is 5.75 Å². The molecule has 0 spiro atoms. The quantitative estimate of drug-likeness (QED) is 0.687. The van der Waals surface area contributed by atoms with Gasteiger partial charge in [0, 0.05) is 25.6 Å². The summed E-state index contributed by atoms with van der Waals surface area (Å²) in [5.41, 5.74) is 0. The monoisotopic (exact) mass is 304 g/mol. The Morgan fingerprint density at radius 3 is 2.85 bits per heavy atom. The van der Waals surface area contributed by atoms with E-state index < -0.39 is 0 Å². The Hall–Kier alpha value is -1.33. The van der Waals surface area contributed by atoms with Gasteiger partial charge >= 0.3 is 0 Å². The minimum atomic E-state index is -0.321. The lowest BCUT2D eigenvalue weighted by atomic mass is 10.3. The van der Waals surface area contributed by atoms with Gasteiger partial charge in [-0.1, -0.05) is 13.0 Å². The Balaban J connectivity index is 0.00000361. The number of carbonyl (C=O) groups excluding carboxylic acids is 1. The highest BCUT2D eigenvalue weighted by Gasteiger charge is 2.01. The van der Waals surface area contributed by atoms with Crippen LogP contribution in [0, 0.1) is 5.82 Å². The van der Waals surface area contributed by atoms with Crippen LogP contribution in [0.4, 0.5) is 4.39 Å². The third-order valence-corrected chi connectivity index (χ3v) is 2.49. The van der Waals surface area contributed by atoms with E-state index in [9.17, 15) is 9.18 Å². The number of hydrogen-bond acceptors (Lipinski definition) is 3. The van der Waals surface area contributed by atoms with Gasteiger partial charge in [-0.25, -0.2) is 4.39 Å². The van der Waals surface area contributed by atoms with Gasteiger partial charge in [-0.05, 0) is 25.1 Å². The van der Waals surface area contributed by atoms with E-state index in [1.165, 1.54) is 12.1 Å². The Bertz CT molecular complexity index is 391. The molecule has 20 heavy (non-hydrogen) atoms. The van der Waals surface area contributed by atoms with Crippen molar-refractivity contribution in [3.8, 4) is 5.75 Å². The molecule has 1 aromatic carbocycles. The Morgan fingerprint density at radius 1 is 1.35 bits per heavy atom. The molecule has 2 N–H and O–H groups in total. The number of carbonyl (C=O) groups is 1. The maximum Gasteiger partial charge on any atom is 0.220 e. The van der Waals surface area contributed by atoms with E-state index in [0.29, 0.717) is 31.7 Å². The summed E-state index contributed by atoms with van der Waals surface area (Å²) in [5.74, 6) is 0.187. The van der Waals surface area contributed by atoms with Gasteiger partial charge in [0.2, 0.25) is 5.91 Å². The number of nitrogens with one attached hydrogen (secondary N) is 2. The molecule has 0 bridgehead atoms. The number of halogens is 2. The topological polar surface area (TPSA) is 50.4 Å². The summed E-state index contributed by atoms with van der Waals surface area (Å²) in [6, 6.07) is 5.98. The molecular formula is C14H22ClFN2O2. The molecule has 0 aliphatic carbocycles. The standard InChI is InChI=1S/C14H21FN2O2.ClH/c1-2-16-8-9-17-14(18)7-4-10-19-13-6-3-5-12(15)11-13;/h3,5-6,11,16H,2,4,7-10H2,1H3,(H,17,18);1H. The Labute approximate surface area is 125 Å². The molecule has 6 heteroatoms. The summed E-state index contributed by atoms with van der Waals surface area (Å²) in [6.45, 7) is 4.74. The van der Waals surface area contributed by atoms with Gasteiger partial charge in [0.25, 0.3) is 0 Å². The van der Waals surface area contributed by atoms with Crippen molar-refractivity contribution < 1.29 is 13.9 Å². The van der Waals surface area contributed by atoms with E-state index in [1.807, 2.05) is 6.92 Å². The molecule has 0 aliphatic rings. The molecule has 0 unspecified atom stereocenters. The first-order valence-electron chi connectivity index (χ1n) is 6.58. The molecule has 0 saturated heterocycles. The molecule has 1 rings (SSSR count). The number of amides is 1. The predicted octanol–water partition coefficient (Wildman–Crippen LogP) is 2.13. The first-order valence-corrected chi connectivity index (χ1v) is 6.58. The number of rotatable bonds is 9. The van der Waals surface area contributed by atoms with Crippen molar-refractivity contribution in [3.63, 3.8) is 0 Å². The van der Waals surface area contributed by atoms with Crippen molar-refractivity contribution in [3.05, 3.63) is 30.1 Å². The second-order valence-electron chi connectivity index (χ2n) is 4.11. The van der Waals surface area contributed by atoms with E-state index in [1.54, 1.807) is 12.1 Å². The number of benzene rings is 1. The molecule has 0 atom stereocenters. The summed E-state index contributed by atoms with van der Waals surface area (Å²) in [4.78, 5) is 11.4. The maximum atomic E-state index is 12.9. The molecule has 0 heterocycles. The molecule has 4 nitrogen and oxygen atoms in total. The van der Waals surface area contributed by atoms with Crippen LogP contribution in [0.15, 0.2) is 24.3 Å². The highest BCUT2D eigenvalue weighted by Crippen LogP contribution is 2.12. The largest absolute Gasteiger partial charge is 0.493 e. The first-order chi connectivity index (χ1) is 9.22. The lowest BCUT2D eigenvalue weighted by molar-refractivity contribution is -0.121. The van der Waals surface area contributed by atoms with Crippen molar-refractivity contribution in [2.45, 2.75) is 19.8 Å². The molecular weight excluding hydrogens is 283 g/mol. The number of likely N-dealkylation sites (N-methyl/N-ethyl adjacent to an activating group) is 1. The maximum absolute atomic E-state index is 12.9. The zero-order valence-corrected chi connectivity index (χ0v) is 12.5. The van der Waals surface area contributed by atoms with E-state index in [4.69, 9.17) is 4.74 Å². The molecule has 0 radical (unpaired) electrons. The van der Waals surface area contributed by atoms with Crippen LogP contribution in [0.1, 0.15) is 19.8 Å². The van der Waals surface area contributed by atoms with Crippen LogP contribution in [0.3, 0.4) is 0 Å². The highest BCUT2D eigenvalue weighted by molar-refractivity contribution is 5.85. The summed E-state index contributed by atoms with van der Waals surface area (Å²) < 4.78 is 18.2. The van der Waals surface area contributed by atoms with Crippen molar-refractivity contribution in [2.24, 2.45) is 0 Å². The van der Waals surface area contributed by atoms with Crippen LogP contribution in [0.25, 0.3) is 0 Å². The highest BCUT2D eigenvalue weighted by atomic mass is 35.5. The minimum absolute atomic E-state index is 0. The van der Waals surface area contributed by atoms with E-state index in [0.717, 1.165) is 13.1 Å². The Kier molecular flexibility index (Phi) is 10.7. The lowest BCUT2D eigenvalue weighted by Crippen LogP contribution is -2.31. The number of hydrogen-bond donors (Lipinski definition) is 2. The SMILES string of the molecule is CCNCCNC(=O)CCCOc1cccc(F)c1.Cl. The van der Waals surface area contributed by atoms with Crippen LogP contribution in [-0.4, -0.2) is 32.1 Å². The van der Waals surface area contributed by atoms with E-state index >= 15 is 0 Å². The zero-order valence-electron chi connectivity index (χ0n) is 11.7. The van der Waals surface area contributed by atoms with Crippen LogP contribution in [0.2, 0.25) is 0 Å². The first kappa shape index (κ1) is 18.7. The molecule has 0 fully saturated rings. The fourth-order valence-corrected chi connectivity index (χ4v) is 1.54. The summed E-state index contributed by atoms with van der Waals surface area (Å²) in [7, 11) is 0. The minimum Gasteiger partial charge on any atom is -0.493 e. The lowest BCUT2D eigenvalue weighted by Gasteiger charge is -2.07. The van der Waals surface area contributed by atoms with Gasteiger partial charge in [0.15, 0.2) is 0 Å². The van der Waals surface area contributed by atoms with Gasteiger partial charge < -0.3 is 15.4 Å². The van der Waals surface area contributed by atoms with E-state index in [2.05, 4.69) is 10.6 Å². The fourth-order valence-electron chi connectivity index (χ4n) is 1.54. The van der Waals surface area contributed by atoms with Gasteiger partial charge in [0.1, 0.15) is 11.6 Å². The predicted molar refractivity (Wildman–Crippen MR) is 79.9 cm³/mol. The van der Waals surface area contributed by atoms with Crippen LogP contribution < -0.4 is 15.4 Å². The number of ether oxygens (including phenoxy) is 1. The third-order valence-electron chi connectivity index (χ3n) is 2.49. The third kappa shape index (κ3) is 8.72. The molecule has 0 saturated carbocycles. The summed E-state index contributed by atoms with van der Waals surface area (Å²) in [6.07, 6.45) is 1.03. The second-order valence-corrected chi connectivity index (χ2v) is 4.11. The second kappa shape index (κ2) is 11.5. The zero-order chi connectivity index (χ0) is 13.9.